The normalized spacial score (nSPS) is 20.2. The number of amides is 1. The predicted molar refractivity (Wildman–Crippen MR) is 81.2 cm³/mol. The lowest BCUT2D eigenvalue weighted by Gasteiger charge is -2.30. The first-order valence-electron chi connectivity index (χ1n) is 7.61. The second-order valence-corrected chi connectivity index (χ2v) is 6.02. The van der Waals surface area contributed by atoms with E-state index in [1.807, 2.05) is 25.1 Å². The summed E-state index contributed by atoms with van der Waals surface area (Å²) in [5.41, 5.74) is 1.07. The van der Waals surface area contributed by atoms with Crippen LogP contribution in [0.4, 0.5) is 0 Å². The van der Waals surface area contributed by atoms with Gasteiger partial charge in [-0.15, -0.1) is 0 Å². The second kappa shape index (κ2) is 6.29. The Kier molecular flexibility index (Phi) is 4.66. The van der Waals surface area contributed by atoms with Crippen molar-refractivity contribution < 1.29 is 14.7 Å². The number of carboxylic acids is 1. The van der Waals surface area contributed by atoms with Crippen LogP contribution in [0, 0.1) is 0 Å². The average Bonchev–Trinajstić information content (AvgIpc) is 2.46. The molecule has 1 aromatic rings. The molecule has 0 aliphatic heterocycles. The van der Waals surface area contributed by atoms with Crippen LogP contribution < -0.4 is 5.32 Å². The van der Waals surface area contributed by atoms with E-state index in [4.69, 9.17) is 0 Å². The zero-order chi connectivity index (χ0) is 15.5. The number of nitrogens with one attached hydrogen (secondary N) is 1. The van der Waals surface area contributed by atoms with Gasteiger partial charge in [0, 0.05) is 0 Å². The van der Waals surface area contributed by atoms with Crippen LogP contribution in [0.5, 0.6) is 0 Å². The highest BCUT2D eigenvalue weighted by molar-refractivity contribution is 5.90. The topological polar surface area (TPSA) is 66.4 Å². The first kappa shape index (κ1) is 15.5. The van der Waals surface area contributed by atoms with Crippen LogP contribution in [-0.2, 0) is 16.0 Å². The molecule has 0 fully saturated rings. The number of aryl methyl sites for hydroxylation is 1. The maximum absolute atomic E-state index is 12.6. The van der Waals surface area contributed by atoms with Crippen molar-refractivity contribution in [2.45, 2.75) is 57.4 Å². The van der Waals surface area contributed by atoms with Gasteiger partial charge in [-0.25, -0.2) is 4.79 Å². The van der Waals surface area contributed by atoms with E-state index in [0.717, 1.165) is 24.8 Å². The molecular formula is C17H23NO3. The molecule has 0 radical (unpaired) electrons. The Hall–Kier alpha value is -1.84. The van der Waals surface area contributed by atoms with Gasteiger partial charge in [0.1, 0.15) is 5.54 Å². The fourth-order valence-corrected chi connectivity index (χ4v) is 3.11. The summed E-state index contributed by atoms with van der Waals surface area (Å²) in [6, 6.07) is 7.96. The summed E-state index contributed by atoms with van der Waals surface area (Å²) < 4.78 is 0. The van der Waals surface area contributed by atoms with Crippen molar-refractivity contribution in [3.8, 4) is 0 Å². The smallest absolute Gasteiger partial charge is 0.329 e. The maximum atomic E-state index is 12.6. The first-order valence-corrected chi connectivity index (χ1v) is 7.61. The van der Waals surface area contributed by atoms with Gasteiger partial charge in [0.25, 0.3) is 0 Å². The third-order valence-corrected chi connectivity index (χ3v) is 4.31. The van der Waals surface area contributed by atoms with Gasteiger partial charge in [0.15, 0.2) is 0 Å². The van der Waals surface area contributed by atoms with Crippen LogP contribution in [0.15, 0.2) is 24.3 Å². The summed E-state index contributed by atoms with van der Waals surface area (Å²) in [7, 11) is 0. The third-order valence-electron chi connectivity index (χ3n) is 4.31. The Morgan fingerprint density at radius 3 is 2.76 bits per heavy atom. The van der Waals surface area contributed by atoms with Crippen molar-refractivity contribution in [3.63, 3.8) is 0 Å². The van der Waals surface area contributed by atoms with Crippen LogP contribution in [0.2, 0.25) is 0 Å². The van der Waals surface area contributed by atoms with Crippen LogP contribution in [-0.4, -0.2) is 22.5 Å². The van der Waals surface area contributed by atoms with Gasteiger partial charge in [-0.2, -0.15) is 0 Å². The van der Waals surface area contributed by atoms with Crippen molar-refractivity contribution in [1.29, 1.82) is 0 Å². The van der Waals surface area contributed by atoms with Crippen LogP contribution in [0.25, 0.3) is 0 Å². The Labute approximate surface area is 125 Å². The van der Waals surface area contributed by atoms with Crippen molar-refractivity contribution >= 4 is 11.9 Å². The Balaban J connectivity index is 2.20. The summed E-state index contributed by atoms with van der Waals surface area (Å²) in [5, 5.41) is 12.2. The van der Waals surface area contributed by atoms with Gasteiger partial charge in [-0.3, -0.25) is 4.79 Å². The molecule has 1 aliphatic carbocycles. The number of benzene rings is 1. The minimum Gasteiger partial charge on any atom is -0.480 e. The zero-order valence-electron chi connectivity index (χ0n) is 12.7. The molecule has 0 spiro atoms. The van der Waals surface area contributed by atoms with Crippen molar-refractivity contribution in [3.05, 3.63) is 35.4 Å². The highest BCUT2D eigenvalue weighted by Crippen LogP contribution is 2.32. The zero-order valence-corrected chi connectivity index (χ0v) is 12.7. The van der Waals surface area contributed by atoms with Gasteiger partial charge in [-0.1, -0.05) is 37.6 Å². The van der Waals surface area contributed by atoms with E-state index in [9.17, 15) is 14.7 Å². The molecule has 2 N–H and O–H groups in total. The predicted octanol–water partition coefficient (Wildman–Crippen LogP) is 2.87. The van der Waals surface area contributed by atoms with E-state index in [0.29, 0.717) is 12.8 Å². The maximum Gasteiger partial charge on any atom is 0.329 e. The van der Waals surface area contributed by atoms with E-state index >= 15 is 0 Å². The number of carbonyl (C=O) groups is 2. The number of carboxylic acid groups (broad SMARTS) is 1. The van der Waals surface area contributed by atoms with Crippen molar-refractivity contribution in [1.82, 2.24) is 5.32 Å². The molecule has 2 unspecified atom stereocenters. The molecule has 114 valence electrons. The van der Waals surface area contributed by atoms with Crippen molar-refractivity contribution in [2.75, 3.05) is 0 Å². The monoisotopic (exact) mass is 289 g/mol. The first-order chi connectivity index (χ1) is 9.98. The van der Waals surface area contributed by atoms with Crippen LogP contribution in [0.1, 0.15) is 56.6 Å². The third kappa shape index (κ3) is 3.26. The van der Waals surface area contributed by atoms with Gasteiger partial charge in [0.05, 0.1) is 5.92 Å². The Bertz CT molecular complexity index is 541. The molecule has 21 heavy (non-hydrogen) atoms. The molecular weight excluding hydrogens is 266 g/mol. The molecule has 0 saturated heterocycles. The standard InChI is InChI=1S/C17H23NO3/c1-3-11-17(2,16(20)21)18-15(19)14-10-6-8-12-7-4-5-9-13(12)14/h4-5,7,9,14H,3,6,8,10-11H2,1-2H3,(H,18,19)(H,20,21). The summed E-state index contributed by atoms with van der Waals surface area (Å²) in [5.74, 6) is -1.37. The summed E-state index contributed by atoms with van der Waals surface area (Å²) >= 11 is 0. The van der Waals surface area contributed by atoms with E-state index in [1.54, 1.807) is 6.92 Å². The summed E-state index contributed by atoms with van der Waals surface area (Å²) in [4.78, 5) is 24.0. The quantitative estimate of drug-likeness (QED) is 0.876. The number of fused-ring (bicyclic) bond motifs is 1. The number of hydrogen-bond donors (Lipinski definition) is 2. The number of carbonyl (C=O) groups excluding carboxylic acids is 1. The lowest BCUT2D eigenvalue weighted by atomic mass is 9.81. The minimum absolute atomic E-state index is 0.166. The average molecular weight is 289 g/mol. The molecule has 1 aromatic carbocycles. The largest absolute Gasteiger partial charge is 0.480 e. The molecule has 4 heteroatoms. The van der Waals surface area contributed by atoms with Crippen LogP contribution in [0.3, 0.4) is 0 Å². The van der Waals surface area contributed by atoms with Crippen LogP contribution >= 0.6 is 0 Å². The lowest BCUT2D eigenvalue weighted by molar-refractivity contribution is -0.147. The molecule has 0 heterocycles. The molecule has 2 rings (SSSR count). The summed E-state index contributed by atoms with van der Waals surface area (Å²) in [6.07, 6.45) is 3.88. The fraction of sp³-hybridized carbons (Fsp3) is 0.529. The van der Waals surface area contributed by atoms with Gasteiger partial charge in [0.2, 0.25) is 5.91 Å². The van der Waals surface area contributed by atoms with Gasteiger partial charge >= 0.3 is 5.97 Å². The molecule has 4 nitrogen and oxygen atoms in total. The number of hydrogen-bond acceptors (Lipinski definition) is 2. The van der Waals surface area contributed by atoms with E-state index in [1.165, 1.54) is 5.56 Å². The Morgan fingerprint density at radius 1 is 1.38 bits per heavy atom. The molecule has 1 amide bonds. The Morgan fingerprint density at radius 2 is 2.10 bits per heavy atom. The SMILES string of the molecule is CCCC(C)(NC(=O)C1CCCc2ccccc21)C(=O)O. The van der Waals surface area contributed by atoms with Crippen molar-refractivity contribution in [2.24, 2.45) is 0 Å². The molecule has 0 saturated carbocycles. The molecule has 2 atom stereocenters. The molecule has 1 aliphatic rings. The minimum atomic E-state index is -1.18. The summed E-state index contributed by atoms with van der Waals surface area (Å²) in [6.45, 7) is 3.51. The van der Waals surface area contributed by atoms with Gasteiger partial charge < -0.3 is 10.4 Å². The molecule has 0 bridgehead atoms. The van der Waals surface area contributed by atoms with E-state index in [2.05, 4.69) is 11.4 Å². The number of rotatable bonds is 5. The molecule has 0 aromatic heterocycles. The lowest BCUT2D eigenvalue weighted by Crippen LogP contribution is -2.53. The highest BCUT2D eigenvalue weighted by atomic mass is 16.4. The number of aliphatic carboxylic acids is 1. The second-order valence-electron chi connectivity index (χ2n) is 6.02. The fourth-order valence-electron chi connectivity index (χ4n) is 3.11. The van der Waals surface area contributed by atoms with E-state index < -0.39 is 11.5 Å². The highest BCUT2D eigenvalue weighted by Gasteiger charge is 2.37. The van der Waals surface area contributed by atoms with E-state index in [-0.39, 0.29) is 11.8 Å². The van der Waals surface area contributed by atoms with Gasteiger partial charge in [-0.05, 0) is 43.7 Å².